The van der Waals surface area contributed by atoms with Crippen molar-refractivity contribution in [2.24, 2.45) is 5.16 Å². The van der Waals surface area contributed by atoms with Crippen LogP contribution in [0.25, 0.3) is 0 Å². The molecule has 0 unspecified atom stereocenters. The van der Waals surface area contributed by atoms with Gasteiger partial charge in [0.1, 0.15) is 5.71 Å². The molecule has 0 aromatic carbocycles. The van der Waals surface area contributed by atoms with E-state index in [1.54, 1.807) is 7.05 Å². The molecule has 118 valence electrons. The van der Waals surface area contributed by atoms with Crippen molar-refractivity contribution in [3.8, 4) is 0 Å². The number of nitrogens with zero attached hydrogens (tertiary/aromatic N) is 4. The van der Waals surface area contributed by atoms with E-state index in [-0.39, 0.29) is 5.91 Å². The summed E-state index contributed by atoms with van der Waals surface area (Å²) < 4.78 is 0. The van der Waals surface area contributed by atoms with Crippen molar-refractivity contribution in [3.63, 3.8) is 0 Å². The summed E-state index contributed by atoms with van der Waals surface area (Å²) in [5.74, 6) is 0.560. The Morgan fingerprint density at radius 3 is 2.77 bits per heavy atom. The van der Waals surface area contributed by atoms with Crippen LogP contribution < -0.4 is 10.2 Å². The number of hydrogen-bond acceptors (Lipinski definition) is 6. The van der Waals surface area contributed by atoms with E-state index < -0.39 is 5.60 Å². The first kappa shape index (κ1) is 14.7. The van der Waals surface area contributed by atoms with Crippen LogP contribution in [0.4, 0.5) is 5.95 Å². The summed E-state index contributed by atoms with van der Waals surface area (Å²) in [5.41, 5.74) is 1.94. The number of rotatable bonds is 2. The number of aromatic nitrogens is 2. The van der Waals surface area contributed by atoms with Gasteiger partial charge in [-0.15, -0.1) is 0 Å². The minimum Gasteiger partial charge on any atom is -0.386 e. The summed E-state index contributed by atoms with van der Waals surface area (Å²) in [6.07, 6.45) is 2.39. The van der Waals surface area contributed by atoms with E-state index in [4.69, 9.17) is 4.84 Å². The van der Waals surface area contributed by atoms with Crippen LogP contribution in [0, 0.1) is 13.8 Å². The summed E-state index contributed by atoms with van der Waals surface area (Å²) in [4.78, 5) is 28.6. The smallest absolute Gasteiger partial charge is 0.268 e. The van der Waals surface area contributed by atoms with Crippen LogP contribution in [0.3, 0.4) is 0 Å². The highest BCUT2D eigenvalue weighted by Crippen LogP contribution is 2.34. The standard InChI is InChI=1S/C15H21N5O2/c1-10-7-11(2)18-14(17-10)20-6-4-5-15(9-20)8-12(19-22-15)13(21)16-3/h7H,4-6,8-9H2,1-3H3,(H,16,21)/t15-/m0/s1. The van der Waals surface area contributed by atoms with Gasteiger partial charge >= 0.3 is 0 Å². The summed E-state index contributed by atoms with van der Waals surface area (Å²) in [7, 11) is 1.60. The number of piperidine rings is 1. The molecule has 0 radical (unpaired) electrons. The number of oxime groups is 1. The van der Waals surface area contributed by atoms with Crippen molar-refractivity contribution in [3.05, 3.63) is 17.5 Å². The Labute approximate surface area is 129 Å². The lowest BCUT2D eigenvalue weighted by Crippen LogP contribution is -2.49. The van der Waals surface area contributed by atoms with Crippen LogP contribution in [0.15, 0.2) is 11.2 Å². The molecule has 1 saturated heterocycles. The van der Waals surface area contributed by atoms with Crippen LogP contribution in [0.5, 0.6) is 0 Å². The van der Waals surface area contributed by atoms with Gasteiger partial charge in [0.2, 0.25) is 5.95 Å². The summed E-state index contributed by atoms with van der Waals surface area (Å²) in [6, 6.07) is 1.96. The zero-order valence-electron chi connectivity index (χ0n) is 13.2. The van der Waals surface area contributed by atoms with Gasteiger partial charge < -0.3 is 15.1 Å². The van der Waals surface area contributed by atoms with E-state index in [2.05, 4.69) is 25.3 Å². The molecule has 1 spiro atoms. The van der Waals surface area contributed by atoms with Crippen molar-refractivity contribution in [1.82, 2.24) is 15.3 Å². The summed E-state index contributed by atoms with van der Waals surface area (Å²) in [5, 5.41) is 6.58. The van der Waals surface area contributed by atoms with Gasteiger partial charge in [-0.2, -0.15) is 0 Å². The largest absolute Gasteiger partial charge is 0.386 e. The quantitative estimate of drug-likeness (QED) is 0.880. The molecule has 2 aliphatic rings. The lowest BCUT2D eigenvalue weighted by Gasteiger charge is -2.38. The molecule has 0 aliphatic carbocycles. The number of carbonyl (C=O) groups excluding carboxylic acids is 1. The molecule has 7 nitrogen and oxygen atoms in total. The molecule has 1 aromatic rings. The normalized spacial score (nSPS) is 24.1. The molecular weight excluding hydrogens is 282 g/mol. The molecule has 0 bridgehead atoms. The number of nitrogens with one attached hydrogen (secondary N) is 1. The SMILES string of the molecule is CNC(=O)C1=NO[C@@]2(CCCN(c3nc(C)cc(C)n3)C2)C1. The van der Waals surface area contributed by atoms with Gasteiger partial charge in [0.05, 0.1) is 6.54 Å². The minimum absolute atomic E-state index is 0.170. The Kier molecular flexibility index (Phi) is 3.72. The first-order valence-electron chi connectivity index (χ1n) is 7.56. The van der Waals surface area contributed by atoms with Crippen LogP contribution in [-0.2, 0) is 9.63 Å². The van der Waals surface area contributed by atoms with Crippen LogP contribution in [-0.4, -0.2) is 47.3 Å². The lowest BCUT2D eigenvalue weighted by atomic mass is 9.88. The molecule has 7 heteroatoms. The summed E-state index contributed by atoms with van der Waals surface area (Å²) >= 11 is 0. The maximum absolute atomic E-state index is 11.7. The fraction of sp³-hybridized carbons (Fsp3) is 0.600. The average molecular weight is 303 g/mol. The van der Waals surface area contributed by atoms with Gasteiger partial charge in [-0.25, -0.2) is 9.97 Å². The van der Waals surface area contributed by atoms with Crippen molar-refractivity contribution >= 4 is 17.6 Å². The molecule has 1 fully saturated rings. The number of carbonyl (C=O) groups is 1. The molecule has 1 atom stereocenters. The van der Waals surface area contributed by atoms with Crippen molar-refractivity contribution in [2.75, 3.05) is 25.0 Å². The molecule has 1 aromatic heterocycles. The molecule has 3 heterocycles. The molecule has 3 rings (SSSR count). The number of anilines is 1. The highest BCUT2D eigenvalue weighted by atomic mass is 16.7. The number of hydrogen-bond donors (Lipinski definition) is 1. The second kappa shape index (κ2) is 5.55. The monoisotopic (exact) mass is 303 g/mol. The number of aryl methyl sites for hydroxylation is 2. The Hall–Kier alpha value is -2.18. The Morgan fingerprint density at radius 1 is 1.36 bits per heavy atom. The van der Waals surface area contributed by atoms with Crippen LogP contribution >= 0.6 is 0 Å². The van der Waals surface area contributed by atoms with E-state index >= 15 is 0 Å². The zero-order chi connectivity index (χ0) is 15.7. The van der Waals surface area contributed by atoms with Gasteiger partial charge in [-0.3, -0.25) is 4.79 Å². The molecule has 22 heavy (non-hydrogen) atoms. The van der Waals surface area contributed by atoms with Gasteiger partial charge in [0.25, 0.3) is 5.91 Å². The molecular formula is C15H21N5O2. The third kappa shape index (κ3) is 2.75. The minimum atomic E-state index is -0.429. The molecule has 2 aliphatic heterocycles. The van der Waals surface area contributed by atoms with Crippen molar-refractivity contribution < 1.29 is 9.63 Å². The van der Waals surface area contributed by atoms with Crippen LogP contribution in [0.1, 0.15) is 30.7 Å². The fourth-order valence-corrected chi connectivity index (χ4v) is 3.12. The predicted molar refractivity (Wildman–Crippen MR) is 82.9 cm³/mol. The second-order valence-corrected chi connectivity index (χ2v) is 6.04. The molecule has 1 amide bonds. The van der Waals surface area contributed by atoms with Gasteiger partial charge in [0.15, 0.2) is 5.60 Å². The second-order valence-electron chi connectivity index (χ2n) is 6.04. The highest BCUT2D eigenvalue weighted by molar-refractivity contribution is 6.39. The average Bonchev–Trinajstić information content (AvgIpc) is 2.89. The Balaban J connectivity index is 1.77. The number of amides is 1. The first-order chi connectivity index (χ1) is 10.5. The van der Waals surface area contributed by atoms with E-state index in [0.717, 1.165) is 36.7 Å². The first-order valence-corrected chi connectivity index (χ1v) is 7.56. The maximum Gasteiger partial charge on any atom is 0.268 e. The molecule has 1 N–H and O–H groups in total. The van der Waals surface area contributed by atoms with E-state index in [1.807, 2.05) is 19.9 Å². The van der Waals surface area contributed by atoms with E-state index in [9.17, 15) is 4.79 Å². The fourth-order valence-electron chi connectivity index (χ4n) is 3.12. The van der Waals surface area contributed by atoms with Gasteiger partial charge in [-0.05, 0) is 32.8 Å². The van der Waals surface area contributed by atoms with Crippen molar-refractivity contribution in [2.45, 2.75) is 38.7 Å². The Morgan fingerprint density at radius 2 is 2.09 bits per heavy atom. The highest BCUT2D eigenvalue weighted by Gasteiger charge is 2.45. The molecule has 0 saturated carbocycles. The topological polar surface area (TPSA) is 79.7 Å². The Bertz CT molecular complexity index is 610. The van der Waals surface area contributed by atoms with Crippen molar-refractivity contribution in [1.29, 1.82) is 0 Å². The van der Waals surface area contributed by atoms with Gasteiger partial charge in [-0.1, -0.05) is 5.16 Å². The zero-order valence-corrected chi connectivity index (χ0v) is 13.2. The third-order valence-electron chi connectivity index (χ3n) is 4.12. The lowest BCUT2D eigenvalue weighted by molar-refractivity contribution is -0.114. The van der Waals surface area contributed by atoms with E-state index in [0.29, 0.717) is 18.7 Å². The van der Waals surface area contributed by atoms with Crippen LogP contribution in [0.2, 0.25) is 0 Å². The van der Waals surface area contributed by atoms with E-state index in [1.165, 1.54) is 0 Å². The van der Waals surface area contributed by atoms with Gasteiger partial charge in [0, 0.05) is 31.4 Å². The summed E-state index contributed by atoms with van der Waals surface area (Å²) in [6.45, 7) is 5.48. The maximum atomic E-state index is 11.7. The predicted octanol–water partition coefficient (Wildman–Crippen LogP) is 0.955. The third-order valence-corrected chi connectivity index (χ3v) is 4.12.